The van der Waals surface area contributed by atoms with Gasteiger partial charge in [-0.25, -0.2) is 0 Å². The fraction of sp³-hybridized carbons (Fsp3) is 0.412. The van der Waals surface area contributed by atoms with Crippen LogP contribution < -0.4 is 10.6 Å². The van der Waals surface area contributed by atoms with Gasteiger partial charge in [-0.3, -0.25) is 4.79 Å². The van der Waals surface area contributed by atoms with Crippen molar-refractivity contribution >= 4 is 33.6 Å². The van der Waals surface area contributed by atoms with Crippen molar-refractivity contribution in [2.75, 3.05) is 5.32 Å². The lowest BCUT2D eigenvalue weighted by Gasteiger charge is -2.42. The molecule has 2 aromatic heterocycles. The molecule has 3 rings (SSSR count). The first-order valence-electron chi connectivity index (χ1n) is 7.44. The van der Waals surface area contributed by atoms with Crippen molar-refractivity contribution in [3.05, 3.63) is 38.4 Å². The lowest BCUT2D eigenvalue weighted by atomic mass is 9.81. The number of fused-ring (bicyclic) bond motifs is 1. The van der Waals surface area contributed by atoms with Crippen molar-refractivity contribution in [2.45, 2.75) is 45.2 Å². The lowest BCUT2D eigenvalue weighted by molar-refractivity contribution is 0.103. The fourth-order valence-electron chi connectivity index (χ4n) is 3.31. The van der Waals surface area contributed by atoms with Crippen LogP contribution in [0.3, 0.4) is 0 Å². The van der Waals surface area contributed by atoms with Crippen LogP contribution in [0.1, 0.15) is 53.4 Å². The highest BCUT2D eigenvalue weighted by Crippen LogP contribution is 2.44. The molecule has 0 saturated carbocycles. The summed E-state index contributed by atoms with van der Waals surface area (Å²) in [6, 6.07) is 5.93. The summed E-state index contributed by atoms with van der Waals surface area (Å²) in [5.41, 5.74) is 1.36. The van der Waals surface area contributed by atoms with E-state index < -0.39 is 0 Å². The van der Waals surface area contributed by atoms with E-state index in [2.05, 4.69) is 44.4 Å². The summed E-state index contributed by atoms with van der Waals surface area (Å²) in [5, 5.41) is 18.7. The van der Waals surface area contributed by atoms with Gasteiger partial charge in [0.15, 0.2) is 0 Å². The van der Waals surface area contributed by atoms with Crippen LogP contribution in [0.2, 0.25) is 0 Å². The van der Waals surface area contributed by atoms with E-state index in [0.29, 0.717) is 15.4 Å². The van der Waals surface area contributed by atoms with Crippen LogP contribution in [0, 0.1) is 11.3 Å². The first-order chi connectivity index (χ1) is 10.7. The minimum Gasteiger partial charge on any atom is -0.312 e. The number of rotatable bonds is 2. The van der Waals surface area contributed by atoms with Gasteiger partial charge in [0, 0.05) is 16.0 Å². The summed E-state index contributed by atoms with van der Waals surface area (Å²) in [6.07, 6.45) is 0.778. The molecule has 1 amide bonds. The van der Waals surface area contributed by atoms with Gasteiger partial charge in [-0.05, 0) is 51.1 Å². The molecule has 0 aromatic carbocycles. The molecule has 0 atom stereocenters. The smallest absolute Gasteiger partial charge is 0.266 e. The molecule has 4 nitrogen and oxygen atoms in total. The number of anilines is 1. The van der Waals surface area contributed by atoms with E-state index in [4.69, 9.17) is 0 Å². The van der Waals surface area contributed by atoms with Crippen LogP contribution in [0.5, 0.6) is 0 Å². The van der Waals surface area contributed by atoms with E-state index in [-0.39, 0.29) is 17.0 Å². The Morgan fingerprint density at radius 2 is 2.13 bits per heavy atom. The highest BCUT2D eigenvalue weighted by molar-refractivity contribution is 7.17. The Kier molecular flexibility index (Phi) is 3.83. The van der Waals surface area contributed by atoms with Gasteiger partial charge in [0.2, 0.25) is 0 Å². The zero-order valence-electron chi connectivity index (χ0n) is 13.6. The molecule has 0 aliphatic carbocycles. The number of carbonyl (C=O) groups is 1. The molecule has 1 aliphatic heterocycles. The van der Waals surface area contributed by atoms with Gasteiger partial charge < -0.3 is 10.6 Å². The van der Waals surface area contributed by atoms with Crippen molar-refractivity contribution in [2.24, 2.45) is 0 Å². The zero-order valence-corrected chi connectivity index (χ0v) is 15.2. The van der Waals surface area contributed by atoms with Crippen LogP contribution in [-0.4, -0.2) is 11.4 Å². The maximum Gasteiger partial charge on any atom is 0.266 e. The van der Waals surface area contributed by atoms with Crippen LogP contribution in [0.4, 0.5) is 5.00 Å². The molecule has 23 heavy (non-hydrogen) atoms. The Bertz CT molecular complexity index is 795. The van der Waals surface area contributed by atoms with E-state index in [1.807, 2.05) is 11.4 Å². The predicted molar refractivity (Wildman–Crippen MR) is 95.3 cm³/mol. The van der Waals surface area contributed by atoms with Crippen molar-refractivity contribution in [3.63, 3.8) is 0 Å². The number of nitrogens with zero attached hydrogens (tertiary/aromatic N) is 1. The van der Waals surface area contributed by atoms with Crippen molar-refractivity contribution in [1.29, 1.82) is 5.26 Å². The van der Waals surface area contributed by atoms with Crippen LogP contribution >= 0.6 is 22.7 Å². The average Bonchev–Trinajstić information content (AvgIpc) is 3.04. The van der Waals surface area contributed by atoms with Gasteiger partial charge in [0.25, 0.3) is 5.91 Å². The van der Waals surface area contributed by atoms with E-state index in [1.165, 1.54) is 22.7 Å². The normalized spacial score (nSPS) is 18.0. The van der Waals surface area contributed by atoms with E-state index in [9.17, 15) is 10.1 Å². The fourth-order valence-corrected chi connectivity index (χ4v) is 5.15. The lowest BCUT2D eigenvalue weighted by Crippen LogP contribution is -2.54. The molecule has 0 spiro atoms. The number of hydrogen-bond donors (Lipinski definition) is 2. The molecule has 1 aliphatic rings. The second-order valence-corrected chi connectivity index (χ2v) is 8.94. The Hall–Kier alpha value is -1.68. The Morgan fingerprint density at radius 1 is 1.39 bits per heavy atom. The van der Waals surface area contributed by atoms with Crippen LogP contribution in [0.15, 0.2) is 17.5 Å². The molecule has 0 unspecified atom stereocenters. The third-order valence-corrected chi connectivity index (χ3v) is 6.27. The van der Waals surface area contributed by atoms with Gasteiger partial charge in [0.05, 0.1) is 10.4 Å². The average molecular weight is 345 g/mol. The van der Waals surface area contributed by atoms with Crippen LogP contribution in [-0.2, 0) is 12.0 Å². The first kappa shape index (κ1) is 16.2. The quantitative estimate of drug-likeness (QED) is 0.861. The molecule has 0 radical (unpaired) electrons. The third kappa shape index (κ3) is 2.92. The number of nitriles is 1. The molecule has 6 heteroatoms. The maximum atomic E-state index is 12.3. The zero-order chi connectivity index (χ0) is 16.8. The molecular weight excluding hydrogens is 326 g/mol. The molecule has 0 fully saturated rings. The number of hydrogen-bond acceptors (Lipinski definition) is 5. The molecule has 2 N–H and O–H groups in total. The summed E-state index contributed by atoms with van der Waals surface area (Å²) in [7, 11) is 0. The Balaban J connectivity index is 2.03. The summed E-state index contributed by atoms with van der Waals surface area (Å²) in [4.78, 5) is 14.1. The van der Waals surface area contributed by atoms with Crippen LogP contribution in [0.25, 0.3) is 0 Å². The van der Waals surface area contributed by atoms with Gasteiger partial charge in [-0.15, -0.1) is 22.7 Å². The molecule has 120 valence electrons. The van der Waals surface area contributed by atoms with Gasteiger partial charge in [-0.2, -0.15) is 5.26 Å². The second-order valence-electron chi connectivity index (χ2n) is 6.97. The number of carbonyl (C=O) groups excluding carboxylic acids is 1. The minimum atomic E-state index is -0.223. The molecule has 0 bridgehead atoms. The largest absolute Gasteiger partial charge is 0.312 e. The third-order valence-electron chi connectivity index (χ3n) is 3.93. The molecule has 0 saturated heterocycles. The minimum absolute atomic E-state index is 0.0851. The van der Waals surface area contributed by atoms with Crippen molar-refractivity contribution < 1.29 is 4.79 Å². The summed E-state index contributed by atoms with van der Waals surface area (Å²) in [5.74, 6) is -0.153. The predicted octanol–water partition coefficient (Wildman–Crippen LogP) is 4.09. The van der Waals surface area contributed by atoms with Gasteiger partial charge in [-0.1, -0.05) is 6.07 Å². The maximum absolute atomic E-state index is 12.3. The SMILES string of the molecule is CC1(C)Cc2c(sc(NC(=O)c3cccs3)c2C#N)C(C)(C)N1. The topological polar surface area (TPSA) is 64.9 Å². The second kappa shape index (κ2) is 5.45. The highest BCUT2D eigenvalue weighted by Gasteiger charge is 2.40. The van der Waals surface area contributed by atoms with Crippen molar-refractivity contribution in [1.82, 2.24) is 5.32 Å². The van der Waals surface area contributed by atoms with Gasteiger partial charge >= 0.3 is 0 Å². The first-order valence-corrected chi connectivity index (χ1v) is 9.13. The van der Waals surface area contributed by atoms with E-state index in [0.717, 1.165) is 16.9 Å². The van der Waals surface area contributed by atoms with Crippen molar-refractivity contribution in [3.8, 4) is 6.07 Å². The summed E-state index contributed by atoms with van der Waals surface area (Å²) in [6.45, 7) is 8.52. The summed E-state index contributed by atoms with van der Waals surface area (Å²) >= 11 is 2.90. The van der Waals surface area contributed by atoms with Gasteiger partial charge in [0.1, 0.15) is 11.1 Å². The number of thiophene rings is 2. The van der Waals surface area contributed by atoms with E-state index in [1.54, 1.807) is 6.07 Å². The number of amides is 1. The number of nitrogens with one attached hydrogen (secondary N) is 2. The monoisotopic (exact) mass is 345 g/mol. The summed E-state index contributed by atoms with van der Waals surface area (Å²) < 4.78 is 0. The Morgan fingerprint density at radius 3 is 2.74 bits per heavy atom. The molecular formula is C17H19N3OS2. The Labute approximate surface area is 144 Å². The van der Waals surface area contributed by atoms with E-state index >= 15 is 0 Å². The standard InChI is InChI=1S/C17H19N3OS2/c1-16(2)8-10-11(9-18)15(23-13(10)17(3,4)20-16)19-14(21)12-6-5-7-22-12/h5-7,20H,8H2,1-4H3,(H,19,21). The molecule has 3 heterocycles. The highest BCUT2D eigenvalue weighted by atomic mass is 32.1. The molecule has 2 aromatic rings.